The second-order valence-electron chi connectivity index (χ2n) is 7.80. The van der Waals surface area contributed by atoms with Crippen molar-refractivity contribution >= 4 is 29.2 Å². The zero-order valence-electron chi connectivity index (χ0n) is 16.8. The summed E-state index contributed by atoms with van der Waals surface area (Å²) in [6.07, 6.45) is 4.81. The van der Waals surface area contributed by atoms with Crippen LogP contribution in [-0.4, -0.2) is 65.8 Å². The van der Waals surface area contributed by atoms with Crippen LogP contribution >= 0.6 is 0 Å². The number of ether oxygens (including phenoxy) is 1. The average molecular weight is 406 g/mol. The first-order valence-corrected chi connectivity index (χ1v) is 10.2. The number of hydrogen-bond acceptors (Lipinski definition) is 6. The summed E-state index contributed by atoms with van der Waals surface area (Å²) in [4.78, 5) is 46.8. The third-order valence-electron chi connectivity index (χ3n) is 5.94. The molecule has 0 unspecified atom stereocenters. The number of nitrogens with zero attached hydrogens (tertiary/aromatic N) is 4. The predicted octanol–water partition coefficient (Wildman–Crippen LogP) is 2.46. The summed E-state index contributed by atoms with van der Waals surface area (Å²) in [6.45, 7) is 2.54. The van der Waals surface area contributed by atoms with E-state index in [1.54, 1.807) is 24.4 Å². The van der Waals surface area contributed by atoms with E-state index in [9.17, 15) is 14.4 Å². The Bertz CT molecular complexity index is 1060. The molecule has 0 spiro atoms. The predicted molar refractivity (Wildman–Crippen MR) is 109 cm³/mol. The van der Waals surface area contributed by atoms with Crippen LogP contribution < -0.4 is 9.64 Å². The third-order valence-corrected chi connectivity index (χ3v) is 5.94. The molecule has 0 bridgehead atoms. The van der Waals surface area contributed by atoms with Gasteiger partial charge in [0.2, 0.25) is 0 Å². The SMILES string of the molecule is CN1C(=O)c2ccc(N3CCOc4cc(C(=O)N5CCCCC5)cnc43)cc2C1=O. The second-order valence-corrected chi connectivity index (χ2v) is 7.80. The molecular formula is C22H22N4O4. The van der Waals surface area contributed by atoms with Crippen LogP contribution in [-0.2, 0) is 0 Å². The molecule has 1 aromatic heterocycles. The summed E-state index contributed by atoms with van der Waals surface area (Å²) in [5.74, 6) is 0.532. The molecule has 5 rings (SSSR count). The summed E-state index contributed by atoms with van der Waals surface area (Å²) < 4.78 is 5.80. The van der Waals surface area contributed by atoms with Crippen molar-refractivity contribution in [2.45, 2.75) is 19.3 Å². The highest BCUT2D eigenvalue weighted by atomic mass is 16.5. The molecular weight excluding hydrogens is 384 g/mol. The van der Waals surface area contributed by atoms with Crippen molar-refractivity contribution < 1.29 is 19.1 Å². The maximum atomic E-state index is 12.8. The highest BCUT2D eigenvalue weighted by Crippen LogP contribution is 2.37. The molecule has 0 atom stereocenters. The van der Waals surface area contributed by atoms with Crippen LogP contribution in [0.4, 0.5) is 11.5 Å². The molecule has 3 amide bonds. The summed E-state index contributed by atoms with van der Waals surface area (Å²) in [5, 5.41) is 0. The quantitative estimate of drug-likeness (QED) is 0.713. The van der Waals surface area contributed by atoms with E-state index in [0.717, 1.165) is 42.9 Å². The lowest BCUT2D eigenvalue weighted by Crippen LogP contribution is -2.36. The van der Waals surface area contributed by atoms with E-state index < -0.39 is 0 Å². The number of carbonyl (C=O) groups excluding carboxylic acids is 3. The Kier molecular flexibility index (Phi) is 4.42. The summed E-state index contributed by atoms with van der Waals surface area (Å²) in [6, 6.07) is 6.97. The summed E-state index contributed by atoms with van der Waals surface area (Å²) in [7, 11) is 1.48. The van der Waals surface area contributed by atoms with Crippen LogP contribution in [0.2, 0.25) is 0 Å². The molecule has 8 heteroatoms. The fraction of sp³-hybridized carbons (Fsp3) is 0.364. The Hall–Kier alpha value is -3.42. The molecule has 0 aliphatic carbocycles. The molecule has 0 saturated carbocycles. The van der Waals surface area contributed by atoms with E-state index in [4.69, 9.17) is 4.74 Å². The topological polar surface area (TPSA) is 83.1 Å². The van der Waals surface area contributed by atoms with Gasteiger partial charge in [0, 0.05) is 32.0 Å². The van der Waals surface area contributed by atoms with Crippen LogP contribution in [0.15, 0.2) is 30.5 Å². The maximum absolute atomic E-state index is 12.8. The Balaban J connectivity index is 1.46. The van der Waals surface area contributed by atoms with E-state index in [2.05, 4.69) is 4.98 Å². The lowest BCUT2D eigenvalue weighted by atomic mass is 10.1. The fourth-order valence-corrected chi connectivity index (χ4v) is 4.26. The van der Waals surface area contributed by atoms with Gasteiger partial charge in [-0.05, 0) is 43.5 Å². The highest BCUT2D eigenvalue weighted by molar-refractivity contribution is 6.21. The van der Waals surface area contributed by atoms with Gasteiger partial charge >= 0.3 is 0 Å². The molecule has 3 aliphatic heterocycles. The molecule has 30 heavy (non-hydrogen) atoms. The number of pyridine rings is 1. The molecule has 2 aromatic rings. The molecule has 3 aliphatic rings. The molecule has 1 fully saturated rings. The maximum Gasteiger partial charge on any atom is 0.261 e. The normalized spacial score (nSPS) is 18.2. The second kappa shape index (κ2) is 7.12. The number of aromatic nitrogens is 1. The van der Waals surface area contributed by atoms with E-state index >= 15 is 0 Å². The number of carbonyl (C=O) groups is 3. The minimum atomic E-state index is -0.305. The van der Waals surface area contributed by atoms with E-state index in [1.807, 2.05) is 15.9 Å². The Labute approximate surface area is 174 Å². The number of anilines is 2. The number of amides is 3. The third kappa shape index (κ3) is 2.91. The van der Waals surface area contributed by atoms with Crippen LogP contribution in [0.3, 0.4) is 0 Å². The molecule has 1 aromatic carbocycles. The first-order valence-electron chi connectivity index (χ1n) is 10.2. The molecule has 0 radical (unpaired) electrons. The lowest BCUT2D eigenvalue weighted by Gasteiger charge is -2.31. The highest BCUT2D eigenvalue weighted by Gasteiger charge is 2.34. The van der Waals surface area contributed by atoms with Gasteiger partial charge in [-0.1, -0.05) is 0 Å². The molecule has 8 nitrogen and oxygen atoms in total. The van der Waals surface area contributed by atoms with Gasteiger partial charge < -0.3 is 14.5 Å². The molecule has 4 heterocycles. The lowest BCUT2D eigenvalue weighted by molar-refractivity contribution is 0.0689. The van der Waals surface area contributed by atoms with Gasteiger partial charge in [-0.3, -0.25) is 19.3 Å². The molecule has 154 valence electrons. The van der Waals surface area contributed by atoms with Crippen molar-refractivity contribution in [2.24, 2.45) is 0 Å². The Morgan fingerprint density at radius 1 is 1.00 bits per heavy atom. The standard InChI is InChI=1S/C22H22N4O4/c1-24-21(28)16-6-5-15(12-17(16)22(24)29)26-9-10-30-18-11-14(13-23-19(18)26)20(27)25-7-3-2-4-8-25/h5-6,11-13H,2-4,7-10H2,1H3. The fourth-order valence-electron chi connectivity index (χ4n) is 4.26. The van der Waals surface area contributed by atoms with Gasteiger partial charge in [-0.15, -0.1) is 0 Å². The number of piperidine rings is 1. The van der Waals surface area contributed by atoms with Crippen molar-refractivity contribution in [1.29, 1.82) is 0 Å². The number of likely N-dealkylation sites (tertiary alicyclic amines) is 1. The first-order chi connectivity index (χ1) is 14.5. The van der Waals surface area contributed by atoms with Crippen molar-refractivity contribution in [2.75, 3.05) is 38.2 Å². The zero-order chi connectivity index (χ0) is 20.8. The van der Waals surface area contributed by atoms with Crippen LogP contribution in [0.5, 0.6) is 5.75 Å². The van der Waals surface area contributed by atoms with Gasteiger partial charge in [0.1, 0.15) is 6.61 Å². The smallest absolute Gasteiger partial charge is 0.261 e. The minimum absolute atomic E-state index is 0.0181. The van der Waals surface area contributed by atoms with Gasteiger partial charge in [-0.25, -0.2) is 4.98 Å². The summed E-state index contributed by atoms with van der Waals surface area (Å²) in [5.41, 5.74) is 2.09. The van der Waals surface area contributed by atoms with Crippen LogP contribution in [0, 0.1) is 0 Å². The Morgan fingerprint density at radius 3 is 2.57 bits per heavy atom. The monoisotopic (exact) mass is 406 g/mol. The van der Waals surface area contributed by atoms with Gasteiger partial charge in [0.25, 0.3) is 17.7 Å². The van der Waals surface area contributed by atoms with Gasteiger partial charge in [0.05, 0.1) is 23.2 Å². The number of imide groups is 1. The Morgan fingerprint density at radius 2 is 1.77 bits per heavy atom. The van der Waals surface area contributed by atoms with Gasteiger partial charge in [-0.2, -0.15) is 0 Å². The number of benzene rings is 1. The van der Waals surface area contributed by atoms with E-state index in [1.165, 1.54) is 7.05 Å². The van der Waals surface area contributed by atoms with Gasteiger partial charge in [0.15, 0.2) is 11.6 Å². The van der Waals surface area contributed by atoms with Crippen molar-refractivity contribution in [3.63, 3.8) is 0 Å². The number of rotatable bonds is 2. The summed E-state index contributed by atoms with van der Waals surface area (Å²) >= 11 is 0. The molecule has 0 N–H and O–H groups in total. The zero-order valence-corrected chi connectivity index (χ0v) is 16.8. The average Bonchev–Trinajstić information content (AvgIpc) is 3.02. The largest absolute Gasteiger partial charge is 0.488 e. The van der Waals surface area contributed by atoms with Crippen molar-refractivity contribution in [3.05, 3.63) is 47.2 Å². The van der Waals surface area contributed by atoms with E-state index in [-0.39, 0.29) is 17.7 Å². The van der Waals surface area contributed by atoms with Crippen LogP contribution in [0.1, 0.15) is 50.3 Å². The number of fused-ring (bicyclic) bond motifs is 2. The van der Waals surface area contributed by atoms with E-state index in [0.29, 0.717) is 41.4 Å². The first kappa shape index (κ1) is 18.6. The molecule has 1 saturated heterocycles. The van der Waals surface area contributed by atoms with Crippen molar-refractivity contribution in [3.8, 4) is 5.75 Å². The minimum Gasteiger partial charge on any atom is -0.488 e. The van der Waals surface area contributed by atoms with Crippen LogP contribution in [0.25, 0.3) is 0 Å². The van der Waals surface area contributed by atoms with Crippen molar-refractivity contribution in [1.82, 2.24) is 14.8 Å². The number of hydrogen-bond donors (Lipinski definition) is 0.